The van der Waals surface area contributed by atoms with E-state index in [9.17, 15) is 8.42 Å². The van der Waals surface area contributed by atoms with Crippen LogP contribution in [0.1, 0.15) is 23.6 Å². The fraction of sp³-hybridized carbons (Fsp3) is 0.222. The molecule has 0 saturated heterocycles. The van der Waals surface area contributed by atoms with E-state index in [1.54, 1.807) is 11.0 Å². The quantitative estimate of drug-likeness (QED) is 0.602. The van der Waals surface area contributed by atoms with Crippen LogP contribution in [0.15, 0.2) is 73.3 Å². The number of nitrogens with one attached hydrogen (secondary N) is 2. The van der Waals surface area contributed by atoms with Gasteiger partial charge in [-0.05, 0) is 17.5 Å². The largest absolute Gasteiger partial charge is 0.277 e. The number of hydrogen-bond acceptors (Lipinski definition) is 4. The summed E-state index contributed by atoms with van der Waals surface area (Å²) in [6, 6.07) is 18.5. The van der Waals surface area contributed by atoms with Crippen LogP contribution in [-0.4, -0.2) is 23.2 Å². The molecule has 0 amide bonds. The van der Waals surface area contributed by atoms with E-state index in [-0.39, 0.29) is 12.6 Å². The van der Waals surface area contributed by atoms with Gasteiger partial charge in [0, 0.05) is 19.1 Å². The Morgan fingerprint density at radius 1 is 1.00 bits per heavy atom. The summed E-state index contributed by atoms with van der Waals surface area (Å²) >= 11 is 0. The van der Waals surface area contributed by atoms with Gasteiger partial charge in [0.1, 0.15) is 12.7 Å². The van der Waals surface area contributed by atoms with Crippen molar-refractivity contribution in [2.75, 3.05) is 0 Å². The minimum absolute atomic E-state index is 0.237. The lowest BCUT2D eigenvalue weighted by molar-refractivity contribution is 0.481. The molecule has 0 aliphatic carbocycles. The van der Waals surface area contributed by atoms with Crippen LogP contribution in [0.3, 0.4) is 0 Å². The fourth-order valence-electron chi connectivity index (χ4n) is 2.59. The van der Waals surface area contributed by atoms with Crippen molar-refractivity contribution in [3.05, 3.63) is 84.4 Å². The van der Waals surface area contributed by atoms with Gasteiger partial charge in [0.2, 0.25) is 0 Å². The summed E-state index contributed by atoms with van der Waals surface area (Å²) in [6.07, 6.45) is 3.63. The SMILES string of the molecule is O=S(=O)(NCc1ccccc1)NC(CCn1cncn1)c1ccccc1. The third-order valence-corrected chi connectivity index (χ3v) is 5.04. The lowest BCUT2D eigenvalue weighted by Gasteiger charge is -2.19. The second-order valence-electron chi connectivity index (χ2n) is 5.84. The molecule has 2 aromatic carbocycles. The van der Waals surface area contributed by atoms with E-state index < -0.39 is 10.2 Å². The van der Waals surface area contributed by atoms with Crippen molar-refractivity contribution < 1.29 is 8.42 Å². The summed E-state index contributed by atoms with van der Waals surface area (Å²) in [6.45, 7) is 0.793. The first-order chi connectivity index (χ1) is 12.6. The first-order valence-electron chi connectivity index (χ1n) is 8.30. The third-order valence-electron chi connectivity index (χ3n) is 3.92. The second kappa shape index (κ2) is 8.70. The van der Waals surface area contributed by atoms with Crippen molar-refractivity contribution in [3.8, 4) is 0 Å². The monoisotopic (exact) mass is 371 g/mol. The van der Waals surface area contributed by atoms with Crippen molar-refractivity contribution in [1.29, 1.82) is 0 Å². The van der Waals surface area contributed by atoms with Gasteiger partial charge >= 0.3 is 0 Å². The van der Waals surface area contributed by atoms with Crippen LogP contribution in [0.25, 0.3) is 0 Å². The van der Waals surface area contributed by atoms with Crippen molar-refractivity contribution >= 4 is 10.2 Å². The van der Waals surface area contributed by atoms with Crippen LogP contribution in [0.5, 0.6) is 0 Å². The van der Waals surface area contributed by atoms with Gasteiger partial charge in [0.05, 0.1) is 0 Å². The Labute approximate surface area is 153 Å². The van der Waals surface area contributed by atoms with E-state index in [1.165, 1.54) is 6.33 Å². The molecule has 1 unspecified atom stereocenters. The Morgan fingerprint density at radius 2 is 1.69 bits per heavy atom. The third kappa shape index (κ3) is 5.48. The summed E-state index contributed by atoms with van der Waals surface area (Å²) in [7, 11) is -3.66. The summed E-state index contributed by atoms with van der Waals surface area (Å²) < 4.78 is 32.0. The van der Waals surface area contributed by atoms with E-state index >= 15 is 0 Å². The van der Waals surface area contributed by atoms with E-state index in [0.717, 1.165) is 11.1 Å². The highest BCUT2D eigenvalue weighted by Gasteiger charge is 2.19. The zero-order valence-corrected chi connectivity index (χ0v) is 15.0. The van der Waals surface area contributed by atoms with Gasteiger partial charge in [-0.3, -0.25) is 4.68 Å². The topological polar surface area (TPSA) is 88.9 Å². The predicted molar refractivity (Wildman–Crippen MR) is 99.2 cm³/mol. The maximum absolute atomic E-state index is 12.5. The van der Waals surface area contributed by atoms with Crippen LogP contribution in [0.4, 0.5) is 0 Å². The minimum atomic E-state index is -3.66. The lowest BCUT2D eigenvalue weighted by atomic mass is 10.1. The molecule has 2 N–H and O–H groups in total. The molecule has 0 saturated carbocycles. The molecule has 0 spiro atoms. The van der Waals surface area contributed by atoms with Crippen LogP contribution >= 0.6 is 0 Å². The summed E-state index contributed by atoms with van der Waals surface area (Å²) in [5, 5.41) is 4.07. The molecule has 26 heavy (non-hydrogen) atoms. The number of nitrogens with zero attached hydrogens (tertiary/aromatic N) is 3. The smallest absolute Gasteiger partial charge is 0.253 e. The van der Waals surface area contributed by atoms with Gasteiger partial charge in [0.15, 0.2) is 0 Å². The Bertz CT molecular complexity index is 884. The molecular formula is C18H21N5O2S. The highest BCUT2D eigenvalue weighted by atomic mass is 32.2. The van der Waals surface area contributed by atoms with Gasteiger partial charge in [0.25, 0.3) is 10.2 Å². The first-order valence-corrected chi connectivity index (χ1v) is 9.79. The minimum Gasteiger partial charge on any atom is -0.253 e. The maximum atomic E-state index is 12.5. The Hall–Kier alpha value is -2.55. The van der Waals surface area contributed by atoms with Crippen molar-refractivity contribution in [2.24, 2.45) is 0 Å². The zero-order valence-electron chi connectivity index (χ0n) is 14.2. The van der Waals surface area contributed by atoms with Crippen LogP contribution in [0, 0.1) is 0 Å². The summed E-state index contributed by atoms with van der Waals surface area (Å²) in [5.74, 6) is 0. The van der Waals surface area contributed by atoms with E-state index in [4.69, 9.17) is 0 Å². The number of aryl methyl sites for hydroxylation is 1. The van der Waals surface area contributed by atoms with E-state index in [2.05, 4.69) is 19.5 Å². The normalized spacial score (nSPS) is 12.8. The Balaban J connectivity index is 1.67. The highest BCUT2D eigenvalue weighted by molar-refractivity contribution is 7.87. The maximum Gasteiger partial charge on any atom is 0.277 e. The number of benzene rings is 2. The molecule has 8 heteroatoms. The molecule has 0 aliphatic heterocycles. The average molecular weight is 371 g/mol. The molecule has 0 bridgehead atoms. The molecule has 1 heterocycles. The van der Waals surface area contributed by atoms with Crippen LogP contribution in [-0.2, 0) is 23.3 Å². The molecule has 1 aromatic heterocycles. The lowest BCUT2D eigenvalue weighted by Crippen LogP contribution is -2.38. The van der Waals surface area contributed by atoms with Crippen molar-refractivity contribution in [1.82, 2.24) is 24.2 Å². The fourth-order valence-corrected chi connectivity index (χ4v) is 3.66. The highest BCUT2D eigenvalue weighted by Crippen LogP contribution is 2.18. The van der Waals surface area contributed by atoms with Gasteiger partial charge in [-0.25, -0.2) is 4.98 Å². The molecular weight excluding hydrogens is 350 g/mol. The average Bonchev–Trinajstić information content (AvgIpc) is 3.19. The van der Waals surface area contributed by atoms with Crippen LogP contribution < -0.4 is 9.44 Å². The van der Waals surface area contributed by atoms with E-state index in [1.807, 2.05) is 60.7 Å². The number of aromatic nitrogens is 3. The summed E-state index contributed by atoms with van der Waals surface area (Å²) in [4.78, 5) is 3.91. The Kier molecular flexibility index (Phi) is 6.11. The van der Waals surface area contributed by atoms with Gasteiger partial charge in [-0.1, -0.05) is 60.7 Å². The van der Waals surface area contributed by atoms with Crippen molar-refractivity contribution in [2.45, 2.75) is 25.6 Å². The molecule has 3 aromatic rings. The number of hydrogen-bond donors (Lipinski definition) is 2. The van der Waals surface area contributed by atoms with Gasteiger partial charge < -0.3 is 0 Å². The Morgan fingerprint density at radius 3 is 2.35 bits per heavy atom. The zero-order chi connectivity index (χ0) is 18.2. The molecule has 1 atom stereocenters. The first kappa shape index (κ1) is 18.2. The van der Waals surface area contributed by atoms with Gasteiger partial charge in [-0.15, -0.1) is 0 Å². The number of rotatable bonds is 9. The predicted octanol–water partition coefficient (Wildman–Crippen LogP) is 2.03. The summed E-state index contributed by atoms with van der Waals surface area (Å²) in [5.41, 5.74) is 1.80. The standard InChI is InChI=1S/C18H21N5O2S/c24-26(25,21-13-16-7-3-1-4-8-16)22-18(17-9-5-2-6-10-17)11-12-23-15-19-14-20-23/h1-10,14-15,18,21-22H,11-13H2. The molecule has 136 valence electrons. The van der Waals surface area contributed by atoms with Crippen molar-refractivity contribution in [3.63, 3.8) is 0 Å². The molecule has 0 fully saturated rings. The van der Waals surface area contributed by atoms with E-state index in [0.29, 0.717) is 13.0 Å². The van der Waals surface area contributed by atoms with Gasteiger partial charge in [-0.2, -0.15) is 23.0 Å². The van der Waals surface area contributed by atoms with Crippen LogP contribution in [0.2, 0.25) is 0 Å². The molecule has 0 aliphatic rings. The second-order valence-corrected chi connectivity index (χ2v) is 7.37. The molecule has 7 nitrogen and oxygen atoms in total. The molecule has 3 rings (SSSR count). The molecule has 0 radical (unpaired) electrons.